The molecule has 0 radical (unpaired) electrons. The number of hydrogen-bond acceptors (Lipinski definition) is 3. The first-order valence-electron chi connectivity index (χ1n) is 8.69. The van der Waals surface area contributed by atoms with Crippen molar-refractivity contribution in [1.82, 2.24) is 15.2 Å². The topological polar surface area (TPSA) is 73.6 Å². The van der Waals surface area contributed by atoms with Gasteiger partial charge in [0.1, 0.15) is 0 Å². The number of nitrogens with zero attached hydrogens (tertiary/aromatic N) is 1. The molecular weight excluding hydrogens is 336 g/mol. The fourth-order valence-electron chi connectivity index (χ4n) is 3.36. The average Bonchev–Trinajstić information content (AvgIpc) is 3.34. The third kappa shape index (κ3) is 2.66. The Kier molecular flexibility index (Phi) is 3.50. The standard InChI is InChI=1S/C22H16N4O/c27-22(18-13-23-19-7-3-1-5-16(18)19)17-6-2-4-8-20(17)25-15-10-9-14-12-24-26-21(14)11-15/h1-13,23,25H,(H,24,26). The molecule has 0 aliphatic rings. The lowest BCUT2D eigenvalue weighted by Gasteiger charge is -2.11. The number of para-hydroxylation sites is 2. The van der Waals surface area contributed by atoms with Gasteiger partial charge in [-0.2, -0.15) is 5.10 Å². The Morgan fingerprint density at radius 2 is 1.74 bits per heavy atom. The first-order chi connectivity index (χ1) is 13.3. The Morgan fingerprint density at radius 3 is 2.70 bits per heavy atom. The molecule has 0 saturated carbocycles. The maximum Gasteiger partial charge on any atom is 0.197 e. The molecule has 5 heteroatoms. The van der Waals surface area contributed by atoms with Gasteiger partial charge in [-0.25, -0.2) is 0 Å². The molecule has 0 fully saturated rings. The monoisotopic (exact) mass is 352 g/mol. The lowest BCUT2D eigenvalue weighted by molar-refractivity contribution is 0.104. The van der Waals surface area contributed by atoms with Crippen molar-refractivity contribution in [3.05, 3.63) is 90.3 Å². The van der Waals surface area contributed by atoms with E-state index in [1.54, 1.807) is 12.4 Å². The summed E-state index contributed by atoms with van der Waals surface area (Å²) in [4.78, 5) is 16.4. The van der Waals surface area contributed by atoms with Crippen LogP contribution in [0.2, 0.25) is 0 Å². The summed E-state index contributed by atoms with van der Waals surface area (Å²) in [6, 6.07) is 21.3. The fraction of sp³-hybridized carbons (Fsp3) is 0. The van der Waals surface area contributed by atoms with Crippen molar-refractivity contribution in [1.29, 1.82) is 0 Å². The molecule has 0 unspecified atom stereocenters. The molecule has 3 N–H and O–H groups in total. The number of hydrogen-bond donors (Lipinski definition) is 3. The number of benzene rings is 3. The predicted octanol–water partition coefficient (Wildman–Crippen LogP) is 5.02. The number of ketones is 1. The van der Waals surface area contributed by atoms with Crippen LogP contribution < -0.4 is 5.32 Å². The van der Waals surface area contributed by atoms with E-state index in [-0.39, 0.29) is 5.78 Å². The highest BCUT2D eigenvalue weighted by atomic mass is 16.1. The summed E-state index contributed by atoms with van der Waals surface area (Å²) in [5, 5.41) is 12.4. The van der Waals surface area contributed by atoms with E-state index >= 15 is 0 Å². The molecule has 5 nitrogen and oxygen atoms in total. The zero-order valence-corrected chi connectivity index (χ0v) is 14.4. The maximum absolute atomic E-state index is 13.2. The van der Waals surface area contributed by atoms with Gasteiger partial charge in [0.05, 0.1) is 11.7 Å². The van der Waals surface area contributed by atoms with Crippen LogP contribution in [-0.4, -0.2) is 21.0 Å². The smallest absolute Gasteiger partial charge is 0.197 e. The van der Waals surface area contributed by atoms with E-state index in [1.165, 1.54) is 0 Å². The van der Waals surface area contributed by atoms with E-state index in [4.69, 9.17) is 0 Å². The van der Waals surface area contributed by atoms with Gasteiger partial charge in [0.2, 0.25) is 0 Å². The number of H-pyrrole nitrogens is 2. The number of nitrogens with one attached hydrogen (secondary N) is 3. The van der Waals surface area contributed by atoms with Gasteiger partial charge in [-0.05, 0) is 36.4 Å². The summed E-state index contributed by atoms with van der Waals surface area (Å²) in [5.74, 6) is -0.0156. The molecule has 0 spiro atoms. The van der Waals surface area contributed by atoms with Gasteiger partial charge in [-0.1, -0.05) is 30.3 Å². The normalized spacial score (nSPS) is 11.1. The summed E-state index contributed by atoms with van der Waals surface area (Å²) in [5.41, 5.74) is 4.87. The number of rotatable bonds is 4. The van der Waals surface area contributed by atoms with Gasteiger partial charge in [0.15, 0.2) is 5.78 Å². The number of aromatic amines is 2. The first kappa shape index (κ1) is 15.4. The number of anilines is 2. The molecule has 5 aromatic rings. The van der Waals surface area contributed by atoms with Gasteiger partial charge in [0.25, 0.3) is 0 Å². The molecular formula is C22H16N4O. The van der Waals surface area contributed by atoms with Crippen LogP contribution in [0.4, 0.5) is 11.4 Å². The Hall–Kier alpha value is -3.86. The van der Waals surface area contributed by atoms with Gasteiger partial charge in [0, 0.05) is 45.0 Å². The molecule has 0 aliphatic heterocycles. The highest BCUT2D eigenvalue weighted by Gasteiger charge is 2.17. The third-order valence-electron chi connectivity index (χ3n) is 4.73. The predicted molar refractivity (Wildman–Crippen MR) is 108 cm³/mol. The minimum atomic E-state index is -0.0156. The second-order valence-electron chi connectivity index (χ2n) is 6.42. The highest BCUT2D eigenvalue weighted by Crippen LogP contribution is 2.27. The van der Waals surface area contributed by atoms with Crippen molar-refractivity contribution in [2.75, 3.05) is 5.32 Å². The van der Waals surface area contributed by atoms with E-state index < -0.39 is 0 Å². The zero-order chi connectivity index (χ0) is 18.2. The molecule has 0 bridgehead atoms. The first-order valence-corrected chi connectivity index (χ1v) is 8.69. The SMILES string of the molecule is O=C(c1ccccc1Nc1ccc2cn[nH]c2c1)c1c[nH]c2ccccc12. The Labute approximate surface area is 155 Å². The summed E-state index contributed by atoms with van der Waals surface area (Å²) >= 11 is 0. The Bertz CT molecular complexity index is 1280. The van der Waals surface area contributed by atoms with Crippen molar-refractivity contribution in [2.45, 2.75) is 0 Å². The molecule has 5 rings (SSSR count). The molecule has 0 atom stereocenters. The number of aromatic nitrogens is 3. The Morgan fingerprint density at radius 1 is 0.889 bits per heavy atom. The van der Waals surface area contributed by atoms with Crippen molar-refractivity contribution >= 4 is 39.0 Å². The lowest BCUT2D eigenvalue weighted by atomic mass is 10.0. The van der Waals surface area contributed by atoms with Gasteiger partial charge in [-0.3, -0.25) is 9.89 Å². The number of carbonyl (C=O) groups excluding carboxylic acids is 1. The van der Waals surface area contributed by atoms with Crippen LogP contribution in [0.15, 0.2) is 79.1 Å². The average molecular weight is 352 g/mol. The number of fused-ring (bicyclic) bond motifs is 2. The Balaban J connectivity index is 1.54. The van der Waals surface area contributed by atoms with Gasteiger partial charge >= 0.3 is 0 Å². The summed E-state index contributed by atoms with van der Waals surface area (Å²) in [6.07, 6.45) is 3.56. The maximum atomic E-state index is 13.2. The molecule has 0 saturated heterocycles. The molecule has 2 heterocycles. The van der Waals surface area contributed by atoms with Crippen LogP contribution in [0.5, 0.6) is 0 Å². The molecule has 3 aromatic carbocycles. The third-order valence-corrected chi connectivity index (χ3v) is 4.73. The summed E-state index contributed by atoms with van der Waals surface area (Å²) < 4.78 is 0. The molecule has 0 aliphatic carbocycles. The minimum Gasteiger partial charge on any atom is -0.360 e. The zero-order valence-electron chi connectivity index (χ0n) is 14.4. The molecule has 2 aromatic heterocycles. The lowest BCUT2D eigenvalue weighted by Crippen LogP contribution is -2.05. The van der Waals surface area contributed by atoms with E-state index in [0.29, 0.717) is 11.1 Å². The van der Waals surface area contributed by atoms with Crippen LogP contribution in [0.1, 0.15) is 15.9 Å². The highest BCUT2D eigenvalue weighted by molar-refractivity contribution is 6.18. The summed E-state index contributed by atoms with van der Waals surface area (Å²) in [7, 11) is 0. The summed E-state index contributed by atoms with van der Waals surface area (Å²) in [6.45, 7) is 0. The fourth-order valence-corrected chi connectivity index (χ4v) is 3.36. The van der Waals surface area contributed by atoms with Crippen molar-refractivity contribution < 1.29 is 4.79 Å². The molecule has 27 heavy (non-hydrogen) atoms. The quantitative estimate of drug-likeness (QED) is 0.398. The minimum absolute atomic E-state index is 0.0156. The number of carbonyl (C=O) groups is 1. The largest absolute Gasteiger partial charge is 0.360 e. The van der Waals surface area contributed by atoms with Crippen LogP contribution in [0.3, 0.4) is 0 Å². The second-order valence-corrected chi connectivity index (χ2v) is 6.42. The van der Waals surface area contributed by atoms with E-state index in [0.717, 1.165) is 33.2 Å². The van der Waals surface area contributed by atoms with E-state index in [2.05, 4.69) is 20.5 Å². The molecule has 130 valence electrons. The van der Waals surface area contributed by atoms with Crippen LogP contribution >= 0.6 is 0 Å². The van der Waals surface area contributed by atoms with Gasteiger partial charge < -0.3 is 10.3 Å². The van der Waals surface area contributed by atoms with Crippen LogP contribution in [-0.2, 0) is 0 Å². The van der Waals surface area contributed by atoms with Crippen LogP contribution in [0.25, 0.3) is 21.8 Å². The molecule has 0 amide bonds. The van der Waals surface area contributed by atoms with Crippen molar-refractivity contribution in [3.63, 3.8) is 0 Å². The van der Waals surface area contributed by atoms with Crippen LogP contribution in [0, 0.1) is 0 Å². The van der Waals surface area contributed by atoms with E-state index in [9.17, 15) is 4.79 Å². The second kappa shape index (κ2) is 6.14. The van der Waals surface area contributed by atoms with Gasteiger partial charge in [-0.15, -0.1) is 0 Å². The van der Waals surface area contributed by atoms with Crippen molar-refractivity contribution in [3.8, 4) is 0 Å². The van der Waals surface area contributed by atoms with Crippen molar-refractivity contribution in [2.24, 2.45) is 0 Å². The van der Waals surface area contributed by atoms with E-state index in [1.807, 2.05) is 66.7 Å².